The Labute approximate surface area is 118 Å². The summed E-state index contributed by atoms with van der Waals surface area (Å²) in [5, 5.41) is 12.8. The predicted octanol–water partition coefficient (Wildman–Crippen LogP) is 1.34. The van der Waals surface area contributed by atoms with Gasteiger partial charge in [-0.2, -0.15) is 0 Å². The summed E-state index contributed by atoms with van der Waals surface area (Å²) in [5.74, 6) is 0.692. The Morgan fingerprint density at radius 1 is 1.42 bits per heavy atom. The molecule has 0 spiro atoms. The molecule has 0 aromatic rings. The molecular weight excluding hydrogens is 240 g/mol. The number of nitrogens with zero attached hydrogens (tertiary/aromatic N) is 1. The zero-order valence-corrected chi connectivity index (χ0v) is 13.3. The molecule has 2 atom stereocenters. The van der Waals surface area contributed by atoms with Crippen LogP contribution in [0.3, 0.4) is 0 Å². The van der Waals surface area contributed by atoms with Crippen LogP contribution in [0.2, 0.25) is 0 Å². The first-order valence-corrected chi connectivity index (χ1v) is 7.51. The van der Waals surface area contributed by atoms with E-state index in [0.29, 0.717) is 12.0 Å². The molecule has 0 amide bonds. The molecule has 19 heavy (non-hydrogen) atoms. The lowest BCUT2D eigenvalue weighted by Crippen LogP contribution is -2.53. The summed E-state index contributed by atoms with van der Waals surface area (Å²) in [6.07, 6.45) is -0.0179. The minimum Gasteiger partial charge on any atom is -0.394 e. The molecule has 2 unspecified atom stereocenters. The van der Waals surface area contributed by atoms with E-state index < -0.39 is 0 Å². The maximum Gasteiger partial charge on any atom is 0.0933 e. The first kappa shape index (κ1) is 16.9. The molecule has 0 aromatic heterocycles. The van der Waals surface area contributed by atoms with Crippen LogP contribution in [0, 0.1) is 11.3 Å². The molecule has 4 heteroatoms. The Hall–Kier alpha value is -0.160. The molecule has 0 bridgehead atoms. The van der Waals surface area contributed by atoms with Crippen molar-refractivity contribution >= 4 is 0 Å². The molecule has 1 aliphatic heterocycles. The second kappa shape index (κ2) is 7.58. The van der Waals surface area contributed by atoms with Gasteiger partial charge in [-0.05, 0) is 24.8 Å². The van der Waals surface area contributed by atoms with E-state index in [1.165, 1.54) is 0 Å². The minimum absolute atomic E-state index is 0.0179. The second-order valence-corrected chi connectivity index (χ2v) is 7.11. The highest BCUT2D eigenvalue weighted by Crippen LogP contribution is 2.21. The molecular formula is C15H32N2O2. The number of hydrogen-bond acceptors (Lipinski definition) is 4. The van der Waals surface area contributed by atoms with Gasteiger partial charge in [-0.1, -0.05) is 27.7 Å². The van der Waals surface area contributed by atoms with Crippen molar-refractivity contribution in [2.45, 2.75) is 46.8 Å². The Balaban J connectivity index is 2.41. The average molecular weight is 272 g/mol. The van der Waals surface area contributed by atoms with Crippen LogP contribution < -0.4 is 5.32 Å². The highest BCUT2D eigenvalue weighted by molar-refractivity contribution is 4.83. The molecule has 1 saturated heterocycles. The fraction of sp³-hybridized carbons (Fsp3) is 1.00. The number of morpholine rings is 1. The lowest BCUT2D eigenvalue weighted by molar-refractivity contribution is -0.0858. The van der Waals surface area contributed by atoms with Crippen LogP contribution in [-0.4, -0.2) is 61.5 Å². The number of aliphatic hydroxyl groups excluding tert-OH is 1. The third-order valence-electron chi connectivity index (χ3n) is 3.63. The number of aliphatic hydroxyl groups is 1. The van der Waals surface area contributed by atoms with Crippen molar-refractivity contribution in [3.8, 4) is 0 Å². The van der Waals surface area contributed by atoms with Crippen molar-refractivity contribution in [2.24, 2.45) is 11.3 Å². The number of nitrogens with one attached hydrogen (secondary N) is 1. The molecule has 2 N–H and O–H groups in total. The van der Waals surface area contributed by atoms with Crippen LogP contribution in [0.15, 0.2) is 0 Å². The Kier molecular flexibility index (Phi) is 6.74. The largest absolute Gasteiger partial charge is 0.394 e. The van der Waals surface area contributed by atoms with Crippen molar-refractivity contribution in [3.05, 3.63) is 0 Å². The Bertz CT molecular complexity index is 257. The van der Waals surface area contributed by atoms with Gasteiger partial charge in [0, 0.05) is 25.7 Å². The van der Waals surface area contributed by atoms with Crippen LogP contribution in [-0.2, 0) is 4.74 Å². The Morgan fingerprint density at radius 3 is 2.68 bits per heavy atom. The summed E-state index contributed by atoms with van der Waals surface area (Å²) in [7, 11) is 0. The van der Waals surface area contributed by atoms with E-state index >= 15 is 0 Å². The van der Waals surface area contributed by atoms with Crippen LogP contribution in [0.1, 0.15) is 34.6 Å². The average Bonchev–Trinajstić information content (AvgIpc) is 2.31. The van der Waals surface area contributed by atoms with E-state index in [4.69, 9.17) is 4.74 Å². The summed E-state index contributed by atoms with van der Waals surface area (Å²) in [4.78, 5) is 2.45. The molecule has 0 radical (unpaired) electrons. The summed E-state index contributed by atoms with van der Waals surface area (Å²) in [6.45, 7) is 16.1. The highest BCUT2D eigenvalue weighted by Gasteiger charge is 2.30. The van der Waals surface area contributed by atoms with Crippen LogP contribution in [0.5, 0.6) is 0 Å². The first-order valence-electron chi connectivity index (χ1n) is 7.51. The smallest absolute Gasteiger partial charge is 0.0933 e. The Morgan fingerprint density at radius 2 is 2.11 bits per heavy atom. The third-order valence-corrected chi connectivity index (χ3v) is 3.63. The lowest BCUT2D eigenvalue weighted by Gasteiger charge is -2.41. The molecule has 0 aromatic carbocycles. The van der Waals surface area contributed by atoms with Gasteiger partial charge in [0.1, 0.15) is 0 Å². The van der Waals surface area contributed by atoms with Gasteiger partial charge in [0.05, 0.1) is 19.3 Å². The third kappa shape index (κ3) is 6.21. The number of hydrogen-bond donors (Lipinski definition) is 2. The van der Waals surface area contributed by atoms with Crippen molar-refractivity contribution in [3.63, 3.8) is 0 Å². The summed E-state index contributed by atoms with van der Waals surface area (Å²) >= 11 is 0. The SMILES string of the molecule is CC(C)CNCC(C)(C)CN1CC(CO)OCC1C. The molecule has 0 aliphatic carbocycles. The molecule has 0 saturated carbocycles. The van der Waals surface area contributed by atoms with Crippen molar-refractivity contribution in [1.29, 1.82) is 0 Å². The van der Waals surface area contributed by atoms with Gasteiger partial charge in [0.25, 0.3) is 0 Å². The van der Waals surface area contributed by atoms with Crippen LogP contribution in [0.25, 0.3) is 0 Å². The van der Waals surface area contributed by atoms with Gasteiger partial charge in [0.15, 0.2) is 0 Å². The van der Waals surface area contributed by atoms with Gasteiger partial charge >= 0.3 is 0 Å². The fourth-order valence-corrected chi connectivity index (χ4v) is 2.51. The van der Waals surface area contributed by atoms with E-state index in [-0.39, 0.29) is 18.1 Å². The summed E-state index contributed by atoms with van der Waals surface area (Å²) in [6, 6.07) is 0.437. The molecule has 1 fully saturated rings. The normalized spacial score (nSPS) is 26.1. The summed E-state index contributed by atoms with van der Waals surface area (Å²) < 4.78 is 5.59. The maximum absolute atomic E-state index is 9.23. The standard InChI is InChI=1S/C15H32N2O2/c1-12(2)6-16-10-15(4,5)11-17-7-14(8-18)19-9-13(17)3/h12-14,16,18H,6-11H2,1-5H3. The molecule has 1 rings (SSSR count). The van der Waals surface area contributed by atoms with E-state index in [1.807, 2.05) is 0 Å². The maximum atomic E-state index is 9.23. The van der Waals surface area contributed by atoms with Crippen molar-refractivity contribution in [1.82, 2.24) is 10.2 Å². The van der Waals surface area contributed by atoms with Gasteiger partial charge in [0.2, 0.25) is 0 Å². The number of ether oxygens (including phenoxy) is 1. The lowest BCUT2D eigenvalue weighted by atomic mass is 9.91. The fourth-order valence-electron chi connectivity index (χ4n) is 2.51. The van der Waals surface area contributed by atoms with Crippen LogP contribution >= 0.6 is 0 Å². The first-order chi connectivity index (χ1) is 8.84. The van der Waals surface area contributed by atoms with E-state index in [0.717, 1.165) is 32.8 Å². The quantitative estimate of drug-likeness (QED) is 0.734. The topological polar surface area (TPSA) is 44.7 Å². The molecule has 1 heterocycles. The van der Waals surface area contributed by atoms with Gasteiger partial charge < -0.3 is 15.2 Å². The molecule has 4 nitrogen and oxygen atoms in total. The zero-order valence-electron chi connectivity index (χ0n) is 13.3. The van der Waals surface area contributed by atoms with E-state index in [1.54, 1.807) is 0 Å². The van der Waals surface area contributed by atoms with Gasteiger partial charge in [-0.15, -0.1) is 0 Å². The molecule has 114 valence electrons. The van der Waals surface area contributed by atoms with E-state index in [9.17, 15) is 5.11 Å². The molecule has 1 aliphatic rings. The van der Waals surface area contributed by atoms with Crippen molar-refractivity contribution in [2.75, 3.05) is 39.4 Å². The van der Waals surface area contributed by atoms with Gasteiger partial charge in [-0.3, -0.25) is 4.90 Å². The summed E-state index contributed by atoms with van der Waals surface area (Å²) in [5.41, 5.74) is 0.237. The zero-order chi connectivity index (χ0) is 14.5. The predicted molar refractivity (Wildman–Crippen MR) is 79.3 cm³/mol. The highest BCUT2D eigenvalue weighted by atomic mass is 16.5. The minimum atomic E-state index is -0.0179. The monoisotopic (exact) mass is 272 g/mol. The number of rotatable bonds is 7. The van der Waals surface area contributed by atoms with Crippen LogP contribution in [0.4, 0.5) is 0 Å². The second-order valence-electron chi connectivity index (χ2n) is 7.11. The van der Waals surface area contributed by atoms with Crippen molar-refractivity contribution < 1.29 is 9.84 Å². The van der Waals surface area contributed by atoms with Gasteiger partial charge in [-0.25, -0.2) is 0 Å². The van der Waals surface area contributed by atoms with E-state index in [2.05, 4.69) is 44.8 Å².